The second-order valence-corrected chi connectivity index (χ2v) is 17.2. The van der Waals surface area contributed by atoms with Gasteiger partial charge in [0.15, 0.2) is 0 Å². The summed E-state index contributed by atoms with van der Waals surface area (Å²) in [6.07, 6.45) is 0. The first-order valence-corrected chi connectivity index (χ1v) is 8.63. The first kappa shape index (κ1) is 7.07. The van der Waals surface area contributed by atoms with E-state index in [0.29, 0.717) is 4.42 Å². The molecule has 0 atom stereocenters. The summed E-state index contributed by atoms with van der Waals surface area (Å²) < 4.78 is 0.367. The minimum atomic E-state index is 0.367. The molecule has 0 fully saturated rings. The summed E-state index contributed by atoms with van der Waals surface area (Å²) in [5.74, 6) is 0. The van der Waals surface area contributed by atoms with Gasteiger partial charge in [0.2, 0.25) is 0 Å². The van der Waals surface area contributed by atoms with Crippen molar-refractivity contribution in [2.75, 3.05) is 0 Å². The predicted molar refractivity (Wildman–Crippen MR) is 46.5 cm³/mol. The molecule has 2 N–H and O–H groups in total. The molecule has 0 aliphatic heterocycles. The van der Waals surface area contributed by atoms with Gasteiger partial charge < -0.3 is 0 Å². The van der Waals surface area contributed by atoms with E-state index in [2.05, 4.69) is 42.4 Å². The van der Waals surface area contributed by atoms with Gasteiger partial charge in [-0.25, -0.2) is 0 Å². The van der Waals surface area contributed by atoms with Gasteiger partial charge >= 0.3 is 0 Å². The van der Waals surface area contributed by atoms with Crippen LogP contribution in [-0.4, -0.2) is 0 Å². The van der Waals surface area contributed by atoms with Gasteiger partial charge in [0.1, 0.15) is 0 Å². The molecule has 0 aliphatic carbocycles. The van der Waals surface area contributed by atoms with Gasteiger partial charge in [-0.15, -0.1) is 0 Å². The van der Waals surface area contributed by atoms with Crippen molar-refractivity contribution < 1.29 is 0 Å². The third-order valence-electron chi connectivity index (χ3n) is 0.0797. The topological polar surface area (TPSA) is 26.0 Å². The summed E-state index contributed by atoms with van der Waals surface area (Å²) in [4.78, 5) is 0. The highest BCUT2D eigenvalue weighted by atomic mass is 127. The van der Waals surface area contributed by atoms with E-state index in [9.17, 15) is 0 Å². The molecule has 1 nitrogen and oxygen atoms in total. The van der Waals surface area contributed by atoms with Crippen LogP contribution in [0.25, 0.3) is 0 Å². The number of rotatable bonds is 0. The summed E-state index contributed by atoms with van der Waals surface area (Å²) in [7, 11) is 0.998. The highest BCUT2D eigenvalue weighted by Crippen LogP contribution is 2.13. The molecular formula is H2I2NPS. The molecule has 0 spiro atoms. The minimum absolute atomic E-state index is 0.367. The maximum atomic E-state index is 5.14. The molecule has 0 unspecified atom stereocenters. The van der Waals surface area contributed by atoms with Crippen LogP contribution in [0, 0.1) is 0 Å². The Hall–Kier alpha value is 2.07. The van der Waals surface area contributed by atoms with Crippen LogP contribution in [0.5, 0.6) is 0 Å². The summed E-state index contributed by atoms with van der Waals surface area (Å²) in [6.45, 7) is 0. The van der Waals surface area contributed by atoms with Crippen LogP contribution in [0.3, 0.4) is 0 Å². The van der Waals surface area contributed by atoms with Crippen LogP contribution in [0.1, 0.15) is 0 Å². The van der Waals surface area contributed by atoms with Gasteiger partial charge in [0.25, 0.3) is 0 Å². The lowest BCUT2D eigenvalue weighted by Gasteiger charge is -1.69. The zero-order chi connectivity index (χ0) is 4.28. The monoisotopic (exact) mass is 333 g/mol. The van der Waals surface area contributed by atoms with Crippen molar-refractivity contribution in [2.24, 2.45) is 5.50 Å². The normalized spacial score (nSPS) is 10.4. The van der Waals surface area contributed by atoms with Crippen molar-refractivity contribution in [3.8, 4) is 0 Å². The highest BCUT2D eigenvalue weighted by molar-refractivity contribution is 14.3. The van der Waals surface area contributed by atoms with E-state index in [1.54, 1.807) is 0 Å². The van der Waals surface area contributed by atoms with E-state index in [4.69, 9.17) is 5.50 Å². The molecule has 0 saturated carbocycles. The van der Waals surface area contributed by atoms with Crippen LogP contribution in [-0.2, 0) is 4.42 Å². The van der Waals surface area contributed by atoms with Gasteiger partial charge in [-0.3, -0.25) is 5.50 Å². The second kappa shape index (κ2) is 4.23. The number of hydrogen-bond acceptors (Lipinski definition) is 0. The Bertz CT molecular complexity index is 47.6. The zero-order valence-corrected chi connectivity index (χ0v) is 8.21. The average Bonchev–Trinajstić information content (AvgIpc) is 1.38. The largest absolute Gasteiger partial charge is 0.279 e. The summed E-state index contributed by atoms with van der Waals surface area (Å²) >= 11 is 4.57. The Labute approximate surface area is 59.1 Å². The number of nitrogens with two attached hydrogens (primary N) is 1. The second-order valence-electron chi connectivity index (χ2n) is 0.302. The van der Waals surface area contributed by atoms with Crippen molar-refractivity contribution in [1.82, 2.24) is 0 Å². The van der Waals surface area contributed by atoms with E-state index >= 15 is 0 Å². The SMILES string of the molecule is NP=S(I)I. The van der Waals surface area contributed by atoms with Crippen LogP contribution in [0.15, 0.2) is 0 Å². The smallest absolute Gasteiger partial charge is 0.0287 e. The van der Waals surface area contributed by atoms with Crippen molar-refractivity contribution in [3.05, 3.63) is 0 Å². The zero-order valence-electron chi connectivity index (χ0n) is 2.19. The lowest BCUT2D eigenvalue weighted by atomic mass is 13.9. The number of hydrogen-bond donors (Lipinski definition) is 1. The molecule has 0 aromatic heterocycles. The highest BCUT2D eigenvalue weighted by Gasteiger charge is 1.65. The van der Waals surface area contributed by atoms with Gasteiger partial charge in [-0.1, -0.05) is 0 Å². The van der Waals surface area contributed by atoms with Crippen LogP contribution in [0.4, 0.5) is 0 Å². The summed E-state index contributed by atoms with van der Waals surface area (Å²) in [6, 6.07) is 0. The van der Waals surface area contributed by atoms with Crippen molar-refractivity contribution >= 4 is 54.3 Å². The lowest BCUT2D eigenvalue weighted by molar-refractivity contribution is 2.05. The molecule has 0 aliphatic rings. The maximum Gasteiger partial charge on any atom is 0.0287 e. The van der Waals surface area contributed by atoms with Crippen molar-refractivity contribution in [1.29, 1.82) is 0 Å². The molecule has 0 heterocycles. The molecular weight excluding hydrogens is 331 g/mol. The van der Waals surface area contributed by atoms with Crippen molar-refractivity contribution in [2.45, 2.75) is 0 Å². The molecule has 0 aromatic rings. The van der Waals surface area contributed by atoms with Gasteiger partial charge in [-0.2, -0.15) is 0 Å². The van der Waals surface area contributed by atoms with E-state index in [0.717, 1.165) is 7.51 Å². The first-order valence-electron chi connectivity index (χ1n) is 0.749. The van der Waals surface area contributed by atoms with E-state index in [1.165, 1.54) is 0 Å². The van der Waals surface area contributed by atoms with E-state index in [1.807, 2.05) is 0 Å². The quantitative estimate of drug-likeness (QED) is 0.533. The first-order chi connectivity index (χ1) is 2.27. The molecule has 0 radical (unpaired) electrons. The molecule has 0 aromatic carbocycles. The fraction of sp³-hybridized carbons (Fsp3) is 0. The van der Waals surface area contributed by atoms with E-state index < -0.39 is 0 Å². The van der Waals surface area contributed by atoms with Gasteiger partial charge in [0.05, 0.1) is 0 Å². The van der Waals surface area contributed by atoms with Crippen LogP contribution >= 0.6 is 49.9 Å². The van der Waals surface area contributed by atoms with E-state index in [-0.39, 0.29) is 0 Å². The van der Waals surface area contributed by atoms with Crippen LogP contribution < -0.4 is 5.50 Å². The standard InChI is InChI=1S/H2I2NPS/c1-5(2)4-3/h3H2. The lowest BCUT2D eigenvalue weighted by Crippen LogP contribution is -1.58. The Balaban J connectivity index is 3.14. The molecule has 5 heteroatoms. The minimum Gasteiger partial charge on any atom is -0.279 e. The Morgan fingerprint density at radius 2 is 1.80 bits per heavy atom. The fourth-order valence-corrected chi connectivity index (χ4v) is 0. The number of halogens is 2. The van der Waals surface area contributed by atoms with Crippen molar-refractivity contribution in [3.63, 3.8) is 0 Å². The third-order valence-corrected chi connectivity index (χ3v) is 4.81. The molecule has 0 saturated heterocycles. The molecule has 32 valence electrons. The van der Waals surface area contributed by atoms with Crippen LogP contribution in [0.2, 0.25) is 0 Å². The predicted octanol–water partition coefficient (Wildman–Crippen LogP) is 2.04. The molecule has 0 rings (SSSR count). The average molecular weight is 333 g/mol. The molecule has 5 heavy (non-hydrogen) atoms. The summed E-state index contributed by atoms with van der Waals surface area (Å²) in [5, 5.41) is 0. The third kappa shape index (κ3) is 6.07. The molecule has 0 bridgehead atoms. The summed E-state index contributed by atoms with van der Waals surface area (Å²) in [5.41, 5.74) is 5.14. The Kier molecular flexibility index (Phi) is 5.99. The fourth-order valence-electron chi connectivity index (χ4n) is 0. The maximum absolute atomic E-state index is 5.14. The molecule has 0 amide bonds. The van der Waals surface area contributed by atoms with Gasteiger partial charge in [0, 0.05) is 49.9 Å². The van der Waals surface area contributed by atoms with Gasteiger partial charge in [-0.05, 0) is 4.42 Å². The Morgan fingerprint density at radius 3 is 1.80 bits per heavy atom. The Morgan fingerprint density at radius 1 is 1.60 bits per heavy atom.